The molecule has 1 aromatic rings. The van der Waals surface area contributed by atoms with E-state index in [9.17, 15) is 9.47 Å². The summed E-state index contributed by atoms with van der Waals surface area (Å²) in [5.41, 5.74) is 1.17. The quantitative estimate of drug-likeness (QED) is 0.764. The predicted octanol–water partition coefficient (Wildman–Crippen LogP) is 2.82. The van der Waals surface area contributed by atoms with Crippen molar-refractivity contribution in [3.05, 3.63) is 42.0 Å². The lowest BCUT2D eigenvalue weighted by molar-refractivity contribution is 0.558. The highest BCUT2D eigenvalue weighted by atomic mass is 32.2. The number of benzene rings is 1. The molecule has 1 saturated carbocycles. The molecule has 5 atom stereocenters. The molecule has 2 aliphatic carbocycles. The van der Waals surface area contributed by atoms with Gasteiger partial charge < -0.3 is 0 Å². The summed E-state index contributed by atoms with van der Waals surface area (Å²) in [4.78, 5) is 0.854. The summed E-state index contributed by atoms with van der Waals surface area (Å²) >= 11 is 0. The summed E-state index contributed by atoms with van der Waals surface area (Å²) in [6, 6.07) is 10.2. The summed E-state index contributed by atoms with van der Waals surface area (Å²) in [5, 5.41) is 9.26. The molecular weight excluding hydrogens is 242 g/mol. The predicted molar refractivity (Wildman–Crippen MR) is 71.2 cm³/mol. The first-order valence-electron chi connectivity index (χ1n) is 6.26. The van der Waals surface area contributed by atoms with Gasteiger partial charge in [-0.3, -0.25) is 4.21 Å². The van der Waals surface area contributed by atoms with Gasteiger partial charge in [0, 0.05) is 4.90 Å². The molecule has 1 fully saturated rings. The molecular formula is C15H15NOS. The van der Waals surface area contributed by atoms with Crippen molar-refractivity contribution in [2.45, 2.75) is 23.5 Å². The molecule has 0 heterocycles. The fourth-order valence-electron chi connectivity index (χ4n) is 3.07. The molecule has 1 unspecified atom stereocenters. The molecule has 2 aliphatic rings. The number of nitriles is 1. The zero-order chi connectivity index (χ0) is 12.7. The molecule has 18 heavy (non-hydrogen) atoms. The normalized spacial score (nSPS) is 34.4. The molecule has 0 N–H and O–H groups in total. The van der Waals surface area contributed by atoms with Gasteiger partial charge >= 0.3 is 0 Å². The van der Waals surface area contributed by atoms with E-state index in [2.05, 4.69) is 18.2 Å². The Morgan fingerprint density at radius 2 is 1.89 bits per heavy atom. The third-order valence-corrected chi connectivity index (χ3v) is 5.91. The zero-order valence-corrected chi connectivity index (χ0v) is 11.1. The monoisotopic (exact) mass is 257 g/mol. The lowest BCUT2D eigenvalue weighted by atomic mass is 9.95. The average molecular weight is 257 g/mol. The van der Waals surface area contributed by atoms with Gasteiger partial charge in [-0.2, -0.15) is 5.26 Å². The molecule has 0 saturated heterocycles. The molecule has 0 aliphatic heterocycles. The van der Waals surface area contributed by atoms with Gasteiger partial charge in [0.1, 0.15) is 0 Å². The van der Waals surface area contributed by atoms with Gasteiger partial charge in [-0.15, -0.1) is 0 Å². The number of rotatable bonds is 2. The Hall–Kier alpha value is -1.40. The average Bonchev–Trinajstić information content (AvgIpc) is 2.98. The minimum absolute atomic E-state index is 0.0206. The van der Waals surface area contributed by atoms with Crippen molar-refractivity contribution in [1.29, 1.82) is 5.26 Å². The third-order valence-electron chi connectivity index (χ3n) is 4.04. The fraction of sp³-hybridized carbons (Fsp3) is 0.400. The van der Waals surface area contributed by atoms with Crippen LogP contribution in [0.5, 0.6) is 0 Å². The van der Waals surface area contributed by atoms with E-state index in [0.717, 1.165) is 11.3 Å². The molecule has 0 spiro atoms. The largest absolute Gasteiger partial charge is 0.254 e. The van der Waals surface area contributed by atoms with Gasteiger partial charge in [-0.1, -0.05) is 29.8 Å². The van der Waals surface area contributed by atoms with Gasteiger partial charge in [0.05, 0.1) is 28.0 Å². The minimum atomic E-state index is -1.07. The van der Waals surface area contributed by atoms with Gasteiger partial charge in [0.25, 0.3) is 0 Å². The molecule has 2 nitrogen and oxygen atoms in total. The maximum Gasteiger partial charge on any atom is 0.0679 e. The summed E-state index contributed by atoms with van der Waals surface area (Å²) in [6.45, 7) is 2.02. The third kappa shape index (κ3) is 1.72. The summed E-state index contributed by atoms with van der Waals surface area (Å²) < 4.78 is 12.6. The van der Waals surface area contributed by atoms with Crippen molar-refractivity contribution in [2.24, 2.45) is 17.8 Å². The highest BCUT2D eigenvalue weighted by molar-refractivity contribution is 7.85. The van der Waals surface area contributed by atoms with Crippen LogP contribution >= 0.6 is 0 Å². The number of aryl methyl sites for hydroxylation is 1. The van der Waals surface area contributed by atoms with E-state index in [-0.39, 0.29) is 11.2 Å². The number of hydrogen-bond donors (Lipinski definition) is 0. The van der Waals surface area contributed by atoms with Crippen LogP contribution in [0.3, 0.4) is 0 Å². The van der Waals surface area contributed by atoms with Crippen LogP contribution in [0.2, 0.25) is 0 Å². The Kier molecular flexibility index (Phi) is 2.83. The van der Waals surface area contributed by atoms with Gasteiger partial charge in [-0.05, 0) is 37.3 Å². The van der Waals surface area contributed by atoms with Crippen LogP contribution in [0.1, 0.15) is 12.0 Å². The van der Waals surface area contributed by atoms with Crippen LogP contribution in [0, 0.1) is 36.0 Å². The molecule has 0 radical (unpaired) electrons. The summed E-state index contributed by atoms with van der Waals surface area (Å²) in [7, 11) is -1.07. The number of hydrogen-bond acceptors (Lipinski definition) is 2. The van der Waals surface area contributed by atoms with Crippen LogP contribution in [0.4, 0.5) is 0 Å². The molecule has 3 heteroatoms. The second-order valence-corrected chi connectivity index (χ2v) is 6.79. The van der Waals surface area contributed by atoms with Crippen molar-refractivity contribution in [3.8, 4) is 6.07 Å². The first kappa shape index (κ1) is 11.7. The minimum Gasteiger partial charge on any atom is -0.254 e. The van der Waals surface area contributed by atoms with E-state index >= 15 is 0 Å². The Labute approximate surface area is 110 Å². The van der Waals surface area contributed by atoms with Crippen molar-refractivity contribution in [3.63, 3.8) is 0 Å². The molecule has 2 bridgehead atoms. The van der Waals surface area contributed by atoms with Crippen LogP contribution in [0.15, 0.2) is 41.3 Å². The lowest BCUT2D eigenvalue weighted by Gasteiger charge is -2.22. The maximum absolute atomic E-state index is 12.6. The van der Waals surface area contributed by atoms with E-state index in [4.69, 9.17) is 0 Å². The number of nitrogens with zero attached hydrogens (tertiary/aromatic N) is 1. The van der Waals surface area contributed by atoms with E-state index < -0.39 is 10.8 Å². The Balaban J connectivity index is 1.91. The van der Waals surface area contributed by atoms with Gasteiger partial charge in [0.2, 0.25) is 0 Å². The second-order valence-electron chi connectivity index (χ2n) is 5.18. The maximum atomic E-state index is 12.6. The standard InChI is InChI=1S/C15H15NOS/c1-10-2-6-13(7-3-10)18(17)15-12-5-4-11(8-12)14(15)9-16/h2-7,11-12,14-15H,8H2,1H3/t11-,12+,14-,15+,18?/m1/s1. The molecule has 0 amide bonds. The zero-order valence-electron chi connectivity index (χ0n) is 10.2. The van der Waals surface area contributed by atoms with Gasteiger partial charge in [0.15, 0.2) is 0 Å². The van der Waals surface area contributed by atoms with Crippen molar-refractivity contribution in [1.82, 2.24) is 0 Å². The van der Waals surface area contributed by atoms with Crippen molar-refractivity contribution in [2.75, 3.05) is 0 Å². The number of allylic oxidation sites excluding steroid dienone is 2. The fourth-order valence-corrected chi connectivity index (χ4v) is 4.83. The molecule has 3 rings (SSSR count). The number of fused-ring (bicyclic) bond motifs is 2. The summed E-state index contributed by atoms with van der Waals surface area (Å²) in [6.07, 6.45) is 5.27. The topological polar surface area (TPSA) is 40.9 Å². The SMILES string of the molecule is Cc1ccc(S(=O)[C@@H]2[C@H](C#N)[C@@H]3C=C[C@H]2C3)cc1. The first-order chi connectivity index (χ1) is 8.70. The molecule has 0 aromatic heterocycles. The van der Waals surface area contributed by atoms with Crippen molar-refractivity contribution >= 4 is 10.8 Å². The first-order valence-corrected chi connectivity index (χ1v) is 7.47. The summed E-state index contributed by atoms with van der Waals surface area (Å²) in [5.74, 6) is 0.559. The second kappa shape index (κ2) is 4.37. The molecule has 92 valence electrons. The lowest BCUT2D eigenvalue weighted by Crippen LogP contribution is -2.28. The Morgan fingerprint density at radius 1 is 1.22 bits per heavy atom. The van der Waals surface area contributed by atoms with E-state index in [1.54, 1.807) is 0 Å². The smallest absolute Gasteiger partial charge is 0.0679 e. The Morgan fingerprint density at radius 3 is 2.56 bits per heavy atom. The molecule has 1 aromatic carbocycles. The highest BCUT2D eigenvalue weighted by Gasteiger charge is 2.48. The van der Waals surface area contributed by atoms with Crippen molar-refractivity contribution < 1.29 is 4.21 Å². The Bertz CT molecular complexity index is 555. The van der Waals surface area contributed by atoms with Crippen LogP contribution in [0.25, 0.3) is 0 Å². The highest BCUT2D eigenvalue weighted by Crippen LogP contribution is 2.46. The van der Waals surface area contributed by atoms with E-state index in [1.165, 1.54) is 5.56 Å². The van der Waals surface area contributed by atoms with Crippen LogP contribution in [-0.2, 0) is 10.8 Å². The van der Waals surface area contributed by atoms with Crippen LogP contribution in [-0.4, -0.2) is 9.46 Å². The van der Waals surface area contributed by atoms with Crippen LogP contribution < -0.4 is 0 Å². The van der Waals surface area contributed by atoms with E-state index in [0.29, 0.717) is 11.8 Å². The van der Waals surface area contributed by atoms with Gasteiger partial charge in [-0.25, -0.2) is 0 Å². The van der Waals surface area contributed by atoms with E-state index in [1.807, 2.05) is 31.2 Å².